The van der Waals surface area contributed by atoms with E-state index < -0.39 is 0 Å². The van der Waals surface area contributed by atoms with Gasteiger partial charge in [0.2, 0.25) is 0 Å². The summed E-state index contributed by atoms with van der Waals surface area (Å²) in [5.74, 6) is 1.07. The van der Waals surface area contributed by atoms with Crippen LogP contribution in [0.1, 0.15) is 12.2 Å². The maximum absolute atomic E-state index is 4.21. The molecule has 0 aromatic carbocycles. The molecule has 0 amide bonds. The van der Waals surface area contributed by atoms with Crippen molar-refractivity contribution in [1.82, 2.24) is 34.7 Å². The van der Waals surface area contributed by atoms with Crippen LogP contribution in [0.5, 0.6) is 0 Å². The SMILES string of the molecule is Cc1nccn1CCN(C)CCCn1cnnn1. The molecule has 0 spiro atoms. The molecule has 7 nitrogen and oxygen atoms in total. The van der Waals surface area contributed by atoms with Crippen molar-refractivity contribution in [3.63, 3.8) is 0 Å². The predicted octanol–water partition coefficient (Wildman–Crippen LogP) is 0.200. The second-order valence-corrected chi connectivity index (χ2v) is 4.40. The lowest BCUT2D eigenvalue weighted by Gasteiger charge is -2.17. The maximum atomic E-state index is 4.21. The molecule has 98 valence electrons. The summed E-state index contributed by atoms with van der Waals surface area (Å²) in [5, 5.41) is 11.1. The van der Waals surface area contributed by atoms with Gasteiger partial charge in [-0.15, -0.1) is 5.10 Å². The van der Waals surface area contributed by atoms with E-state index in [1.807, 2.05) is 19.3 Å². The molecule has 0 saturated heterocycles. The lowest BCUT2D eigenvalue weighted by Crippen LogP contribution is -2.25. The van der Waals surface area contributed by atoms with Crippen molar-refractivity contribution in [2.45, 2.75) is 26.4 Å². The van der Waals surface area contributed by atoms with Gasteiger partial charge in [-0.25, -0.2) is 9.67 Å². The fraction of sp³-hybridized carbons (Fsp3) is 0.636. The van der Waals surface area contributed by atoms with Gasteiger partial charge >= 0.3 is 0 Å². The van der Waals surface area contributed by atoms with Crippen molar-refractivity contribution in [1.29, 1.82) is 0 Å². The molecular formula is C11H19N7. The second-order valence-electron chi connectivity index (χ2n) is 4.40. The highest BCUT2D eigenvalue weighted by Gasteiger charge is 2.01. The van der Waals surface area contributed by atoms with E-state index in [1.54, 1.807) is 11.0 Å². The van der Waals surface area contributed by atoms with Gasteiger partial charge in [-0.05, 0) is 37.4 Å². The highest BCUT2D eigenvalue weighted by molar-refractivity contribution is 4.88. The van der Waals surface area contributed by atoms with E-state index in [1.165, 1.54) is 0 Å². The number of imidazole rings is 1. The largest absolute Gasteiger partial charge is 0.334 e. The first-order chi connectivity index (χ1) is 8.75. The molecule has 0 aliphatic rings. The van der Waals surface area contributed by atoms with Gasteiger partial charge in [0.25, 0.3) is 0 Å². The van der Waals surface area contributed by atoms with Crippen LogP contribution in [0.3, 0.4) is 0 Å². The number of nitrogens with zero attached hydrogens (tertiary/aromatic N) is 7. The Labute approximate surface area is 106 Å². The minimum atomic E-state index is 0.863. The van der Waals surface area contributed by atoms with Crippen LogP contribution in [-0.2, 0) is 13.1 Å². The van der Waals surface area contributed by atoms with Crippen LogP contribution >= 0.6 is 0 Å². The molecule has 0 N–H and O–H groups in total. The van der Waals surface area contributed by atoms with Gasteiger partial charge in [-0.1, -0.05) is 0 Å². The molecule has 0 saturated carbocycles. The normalized spacial score (nSPS) is 11.3. The number of hydrogen-bond acceptors (Lipinski definition) is 5. The Balaban J connectivity index is 1.63. The lowest BCUT2D eigenvalue weighted by atomic mass is 10.4. The topological polar surface area (TPSA) is 64.7 Å². The van der Waals surface area contributed by atoms with Crippen LogP contribution in [0.15, 0.2) is 18.7 Å². The molecule has 0 unspecified atom stereocenters. The third-order valence-electron chi connectivity index (χ3n) is 2.96. The van der Waals surface area contributed by atoms with E-state index in [-0.39, 0.29) is 0 Å². The van der Waals surface area contributed by atoms with E-state index in [4.69, 9.17) is 0 Å². The Bertz CT molecular complexity index is 448. The molecule has 2 aromatic rings. The first kappa shape index (κ1) is 12.7. The average Bonchev–Trinajstić information content (AvgIpc) is 2.98. The molecule has 2 rings (SSSR count). The number of tetrazole rings is 1. The third kappa shape index (κ3) is 3.63. The molecule has 2 heterocycles. The minimum Gasteiger partial charge on any atom is -0.334 e. The first-order valence-electron chi connectivity index (χ1n) is 6.13. The van der Waals surface area contributed by atoms with E-state index in [0.717, 1.165) is 38.4 Å². The highest BCUT2D eigenvalue weighted by Crippen LogP contribution is 1.97. The molecule has 0 atom stereocenters. The van der Waals surface area contributed by atoms with Crippen LogP contribution in [0.25, 0.3) is 0 Å². The Morgan fingerprint density at radius 3 is 2.83 bits per heavy atom. The smallest absolute Gasteiger partial charge is 0.138 e. The Kier molecular flexibility index (Phi) is 4.40. The average molecular weight is 249 g/mol. The summed E-state index contributed by atoms with van der Waals surface area (Å²) in [5.41, 5.74) is 0. The Morgan fingerprint density at radius 1 is 1.28 bits per heavy atom. The van der Waals surface area contributed by atoms with Gasteiger partial charge in [-0.2, -0.15) is 0 Å². The zero-order valence-corrected chi connectivity index (χ0v) is 10.9. The third-order valence-corrected chi connectivity index (χ3v) is 2.96. The van der Waals surface area contributed by atoms with Gasteiger partial charge in [-0.3, -0.25) is 0 Å². The van der Waals surface area contributed by atoms with Crippen molar-refractivity contribution in [3.05, 3.63) is 24.5 Å². The quantitative estimate of drug-likeness (QED) is 0.701. The molecule has 0 bridgehead atoms. The summed E-state index contributed by atoms with van der Waals surface area (Å²) in [4.78, 5) is 6.52. The van der Waals surface area contributed by atoms with Crippen molar-refractivity contribution in [2.24, 2.45) is 0 Å². The standard InChI is InChI=1S/C11H19N7/c1-11-12-4-7-17(11)9-8-16(2)5-3-6-18-10-13-14-15-18/h4,7,10H,3,5-6,8-9H2,1-2H3. The number of rotatable bonds is 7. The predicted molar refractivity (Wildman–Crippen MR) is 66.9 cm³/mol. The van der Waals surface area contributed by atoms with Crippen LogP contribution in [-0.4, -0.2) is 54.8 Å². The van der Waals surface area contributed by atoms with Gasteiger partial charge in [0.15, 0.2) is 0 Å². The fourth-order valence-electron chi connectivity index (χ4n) is 1.82. The van der Waals surface area contributed by atoms with Gasteiger partial charge < -0.3 is 9.47 Å². The zero-order chi connectivity index (χ0) is 12.8. The van der Waals surface area contributed by atoms with Crippen LogP contribution in [0.2, 0.25) is 0 Å². The lowest BCUT2D eigenvalue weighted by molar-refractivity contribution is 0.303. The van der Waals surface area contributed by atoms with Crippen LogP contribution in [0, 0.1) is 6.92 Å². The number of hydrogen-bond donors (Lipinski definition) is 0. The maximum Gasteiger partial charge on any atom is 0.138 e. The van der Waals surface area contributed by atoms with Crippen molar-refractivity contribution in [2.75, 3.05) is 20.1 Å². The van der Waals surface area contributed by atoms with Crippen LogP contribution in [0.4, 0.5) is 0 Å². The van der Waals surface area contributed by atoms with Crippen LogP contribution < -0.4 is 0 Å². The van der Waals surface area contributed by atoms with E-state index >= 15 is 0 Å². The molecule has 0 aliphatic carbocycles. The zero-order valence-electron chi connectivity index (χ0n) is 10.9. The minimum absolute atomic E-state index is 0.863. The molecule has 2 aromatic heterocycles. The summed E-state index contributed by atoms with van der Waals surface area (Å²) in [7, 11) is 2.13. The van der Waals surface area contributed by atoms with Crippen molar-refractivity contribution < 1.29 is 0 Å². The van der Waals surface area contributed by atoms with E-state index in [2.05, 4.69) is 37.0 Å². The molecular weight excluding hydrogens is 230 g/mol. The van der Waals surface area contributed by atoms with Crippen molar-refractivity contribution in [3.8, 4) is 0 Å². The van der Waals surface area contributed by atoms with E-state index in [9.17, 15) is 0 Å². The summed E-state index contributed by atoms with van der Waals surface area (Å²) in [6, 6.07) is 0. The van der Waals surface area contributed by atoms with Crippen molar-refractivity contribution >= 4 is 0 Å². The molecule has 7 heteroatoms. The molecule has 0 radical (unpaired) electrons. The summed E-state index contributed by atoms with van der Waals surface area (Å²) in [6.07, 6.45) is 6.55. The number of likely N-dealkylation sites (N-methyl/N-ethyl adjacent to an activating group) is 1. The fourth-order valence-corrected chi connectivity index (χ4v) is 1.82. The highest BCUT2D eigenvalue weighted by atomic mass is 15.5. The summed E-state index contributed by atoms with van der Waals surface area (Å²) in [6.45, 7) is 5.92. The Morgan fingerprint density at radius 2 is 2.17 bits per heavy atom. The Hall–Kier alpha value is -1.76. The second kappa shape index (κ2) is 6.25. The monoisotopic (exact) mass is 249 g/mol. The van der Waals surface area contributed by atoms with Gasteiger partial charge in [0.05, 0.1) is 0 Å². The summed E-state index contributed by atoms with van der Waals surface area (Å²) < 4.78 is 3.92. The first-order valence-corrected chi connectivity index (χ1v) is 6.13. The number of aryl methyl sites for hydroxylation is 2. The van der Waals surface area contributed by atoms with Gasteiger partial charge in [0.1, 0.15) is 12.2 Å². The molecule has 0 fully saturated rings. The molecule has 0 aliphatic heterocycles. The summed E-state index contributed by atoms with van der Waals surface area (Å²) >= 11 is 0. The number of aromatic nitrogens is 6. The molecule has 18 heavy (non-hydrogen) atoms. The van der Waals surface area contributed by atoms with E-state index in [0.29, 0.717) is 0 Å². The van der Waals surface area contributed by atoms with Gasteiger partial charge in [0, 0.05) is 32.0 Å².